The van der Waals surface area contributed by atoms with Crippen molar-refractivity contribution in [3.8, 4) is 6.07 Å². The molecule has 0 bridgehead atoms. The monoisotopic (exact) mass is 240 g/mol. The molecule has 0 atom stereocenters. The third kappa shape index (κ3) is 2.72. The number of halogens is 2. The zero-order valence-electron chi connectivity index (χ0n) is 7.33. The van der Waals surface area contributed by atoms with Crippen LogP contribution in [0.1, 0.15) is 5.56 Å². The molecule has 0 saturated carbocycles. The predicted octanol–water partition coefficient (Wildman–Crippen LogP) is 1.65. The van der Waals surface area contributed by atoms with Gasteiger partial charge in [0.15, 0.2) is 0 Å². The van der Waals surface area contributed by atoms with Crippen LogP contribution < -0.4 is 5.11 Å². The average molecular weight is 241 g/mol. The van der Waals surface area contributed by atoms with Crippen LogP contribution in [0.5, 0.6) is 0 Å². The van der Waals surface area contributed by atoms with Gasteiger partial charge in [-0.25, -0.2) is 0 Å². The van der Waals surface area contributed by atoms with Gasteiger partial charge in [-0.1, -0.05) is 29.3 Å². The summed E-state index contributed by atoms with van der Waals surface area (Å²) >= 11 is 11.6. The van der Waals surface area contributed by atoms with Gasteiger partial charge >= 0.3 is 0 Å². The molecule has 1 aromatic carbocycles. The molecule has 1 aromatic rings. The van der Waals surface area contributed by atoms with Gasteiger partial charge in [-0.2, -0.15) is 5.26 Å². The van der Waals surface area contributed by atoms with Crippen LogP contribution in [0.4, 0.5) is 0 Å². The predicted molar refractivity (Wildman–Crippen MR) is 55.1 cm³/mol. The number of benzene rings is 1. The highest BCUT2D eigenvalue weighted by atomic mass is 35.5. The Morgan fingerprint density at radius 1 is 1.40 bits per heavy atom. The van der Waals surface area contributed by atoms with E-state index in [4.69, 9.17) is 28.5 Å². The largest absolute Gasteiger partial charge is 0.544 e. The lowest BCUT2D eigenvalue weighted by atomic mass is 10.1. The summed E-state index contributed by atoms with van der Waals surface area (Å²) in [6.45, 7) is 0. The minimum atomic E-state index is -1.56. The van der Waals surface area contributed by atoms with Crippen LogP contribution in [0.15, 0.2) is 23.8 Å². The lowest BCUT2D eigenvalue weighted by Crippen LogP contribution is -2.23. The third-order valence-corrected chi connectivity index (χ3v) is 2.29. The minimum absolute atomic E-state index is 0.275. The van der Waals surface area contributed by atoms with Crippen LogP contribution in [0, 0.1) is 11.3 Å². The van der Waals surface area contributed by atoms with Crippen molar-refractivity contribution in [2.75, 3.05) is 0 Å². The smallest absolute Gasteiger partial charge is 0.101 e. The van der Waals surface area contributed by atoms with Crippen LogP contribution in [0.2, 0.25) is 10.0 Å². The van der Waals surface area contributed by atoms with E-state index in [2.05, 4.69) is 0 Å². The third-order valence-electron chi connectivity index (χ3n) is 1.63. The summed E-state index contributed by atoms with van der Waals surface area (Å²) in [7, 11) is 0. The summed E-state index contributed by atoms with van der Waals surface area (Å²) in [4.78, 5) is 10.5. The Morgan fingerprint density at radius 2 is 1.93 bits per heavy atom. The maximum atomic E-state index is 10.5. The summed E-state index contributed by atoms with van der Waals surface area (Å²) in [6.07, 6.45) is 1.08. The van der Waals surface area contributed by atoms with Gasteiger partial charge in [0.1, 0.15) is 6.07 Å². The van der Waals surface area contributed by atoms with Crippen LogP contribution in [0.3, 0.4) is 0 Å². The molecule has 76 valence electrons. The Balaban J connectivity index is 3.30. The Morgan fingerprint density at radius 3 is 2.33 bits per heavy atom. The summed E-state index contributed by atoms with van der Waals surface area (Å²) in [5, 5.41) is 19.5. The molecule has 0 saturated heterocycles. The average Bonchev–Trinajstić information content (AvgIpc) is 2.17. The molecule has 0 amide bonds. The fourth-order valence-corrected chi connectivity index (χ4v) is 1.44. The minimum Gasteiger partial charge on any atom is -0.544 e. The van der Waals surface area contributed by atoms with E-state index in [9.17, 15) is 9.90 Å². The lowest BCUT2D eigenvalue weighted by molar-refractivity contribution is -0.298. The molecule has 0 aliphatic heterocycles. The first-order valence-corrected chi connectivity index (χ1v) is 4.59. The van der Waals surface area contributed by atoms with Crippen molar-refractivity contribution in [2.45, 2.75) is 0 Å². The normalized spacial score (nSPS) is 10.9. The zero-order valence-corrected chi connectivity index (χ0v) is 8.84. The summed E-state index contributed by atoms with van der Waals surface area (Å²) in [6, 6.07) is 6.19. The first-order valence-electron chi connectivity index (χ1n) is 3.83. The van der Waals surface area contributed by atoms with Gasteiger partial charge in [-0.3, -0.25) is 0 Å². The number of aliphatic carboxylic acids is 1. The number of nitrogens with zero attached hydrogens (tertiary/aromatic N) is 1. The fraction of sp³-hybridized carbons (Fsp3) is 0. The summed E-state index contributed by atoms with van der Waals surface area (Å²) in [5.41, 5.74) is -0.230. The van der Waals surface area contributed by atoms with Crippen molar-refractivity contribution in [1.82, 2.24) is 0 Å². The van der Waals surface area contributed by atoms with Crippen molar-refractivity contribution < 1.29 is 9.90 Å². The Kier molecular flexibility index (Phi) is 3.73. The van der Waals surface area contributed by atoms with E-state index in [-0.39, 0.29) is 10.0 Å². The molecular formula is C10H4Cl2NO2-. The van der Waals surface area contributed by atoms with Crippen LogP contribution in [-0.2, 0) is 4.79 Å². The van der Waals surface area contributed by atoms with Gasteiger partial charge in [0.05, 0.1) is 11.5 Å². The number of nitriles is 1. The second-order valence-corrected chi connectivity index (χ2v) is 3.41. The summed E-state index contributed by atoms with van der Waals surface area (Å²) in [5.74, 6) is -1.56. The van der Waals surface area contributed by atoms with Gasteiger partial charge in [0.25, 0.3) is 0 Å². The number of hydrogen-bond acceptors (Lipinski definition) is 3. The van der Waals surface area contributed by atoms with Crippen LogP contribution in [0.25, 0.3) is 6.08 Å². The number of rotatable bonds is 2. The quantitative estimate of drug-likeness (QED) is 0.584. The van der Waals surface area contributed by atoms with Crippen LogP contribution >= 0.6 is 23.2 Å². The van der Waals surface area contributed by atoms with E-state index >= 15 is 0 Å². The highest BCUT2D eigenvalue weighted by molar-refractivity contribution is 6.37. The molecule has 0 spiro atoms. The van der Waals surface area contributed by atoms with Gasteiger partial charge in [-0.15, -0.1) is 0 Å². The number of carboxylic acid groups (broad SMARTS) is 1. The van der Waals surface area contributed by atoms with Crippen molar-refractivity contribution in [3.05, 3.63) is 39.4 Å². The fourth-order valence-electron chi connectivity index (χ4n) is 0.930. The molecule has 0 unspecified atom stereocenters. The molecule has 0 aliphatic rings. The highest BCUT2D eigenvalue weighted by Crippen LogP contribution is 2.26. The molecule has 1 rings (SSSR count). The van der Waals surface area contributed by atoms with Crippen molar-refractivity contribution in [1.29, 1.82) is 5.26 Å². The van der Waals surface area contributed by atoms with E-state index in [0.717, 1.165) is 6.08 Å². The van der Waals surface area contributed by atoms with E-state index in [1.54, 1.807) is 18.2 Å². The van der Waals surface area contributed by atoms with E-state index in [1.165, 1.54) is 6.07 Å². The van der Waals surface area contributed by atoms with Crippen molar-refractivity contribution in [3.63, 3.8) is 0 Å². The molecule has 0 N–H and O–H groups in total. The first kappa shape index (κ1) is 11.6. The van der Waals surface area contributed by atoms with E-state index in [1.807, 2.05) is 0 Å². The SMILES string of the molecule is N#C/C(=C\c1c(Cl)cccc1Cl)C(=O)[O-]. The number of carboxylic acids is 1. The molecule has 0 heterocycles. The zero-order chi connectivity index (χ0) is 11.4. The van der Waals surface area contributed by atoms with Gasteiger partial charge in [0, 0.05) is 15.6 Å². The second kappa shape index (κ2) is 4.83. The van der Waals surface area contributed by atoms with Crippen molar-refractivity contribution in [2.24, 2.45) is 0 Å². The second-order valence-electron chi connectivity index (χ2n) is 2.59. The van der Waals surface area contributed by atoms with E-state index < -0.39 is 11.5 Å². The Hall–Kier alpha value is -1.50. The molecule has 0 aromatic heterocycles. The maximum absolute atomic E-state index is 10.5. The topological polar surface area (TPSA) is 63.9 Å². The number of carbonyl (C=O) groups excluding carboxylic acids is 1. The van der Waals surface area contributed by atoms with Gasteiger partial charge in [-0.05, 0) is 18.2 Å². The van der Waals surface area contributed by atoms with Gasteiger partial charge < -0.3 is 9.90 Å². The highest BCUT2D eigenvalue weighted by Gasteiger charge is 2.04. The molecule has 15 heavy (non-hydrogen) atoms. The summed E-state index contributed by atoms with van der Waals surface area (Å²) < 4.78 is 0. The number of carbonyl (C=O) groups is 1. The molecular weight excluding hydrogens is 237 g/mol. The molecule has 5 heteroatoms. The van der Waals surface area contributed by atoms with Crippen LogP contribution in [-0.4, -0.2) is 5.97 Å². The molecule has 0 radical (unpaired) electrons. The molecule has 0 aliphatic carbocycles. The Bertz CT molecular complexity index is 455. The van der Waals surface area contributed by atoms with Gasteiger partial charge in [0.2, 0.25) is 0 Å². The maximum Gasteiger partial charge on any atom is 0.101 e. The molecule has 3 nitrogen and oxygen atoms in total. The first-order chi connectivity index (χ1) is 7.06. The number of hydrogen-bond donors (Lipinski definition) is 0. The molecule has 0 fully saturated rings. The standard InChI is InChI=1S/C10H5Cl2NO2/c11-8-2-1-3-9(12)7(8)4-6(5-13)10(14)15/h1-4H,(H,14,15)/p-1/b6-4+. The van der Waals surface area contributed by atoms with Crippen molar-refractivity contribution >= 4 is 35.2 Å². The lowest BCUT2D eigenvalue weighted by Gasteiger charge is -2.03. The van der Waals surface area contributed by atoms with E-state index in [0.29, 0.717) is 5.56 Å². The Labute approximate surface area is 96.2 Å².